The summed E-state index contributed by atoms with van der Waals surface area (Å²) in [4.78, 5) is 27.8. The fraction of sp³-hybridized carbons (Fsp3) is 0.389. The molecule has 2 aliphatic rings. The number of esters is 1. The van der Waals surface area contributed by atoms with E-state index in [1.807, 2.05) is 18.2 Å². The van der Waals surface area contributed by atoms with Gasteiger partial charge in [-0.3, -0.25) is 14.5 Å². The van der Waals surface area contributed by atoms with Crippen LogP contribution in [0.3, 0.4) is 0 Å². The van der Waals surface area contributed by atoms with Crippen molar-refractivity contribution in [2.24, 2.45) is 5.92 Å². The van der Waals surface area contributed by atoms with Crippen molar-refractivity contribution in [3.8, 4) is 22.6 Å². The molecule has 0 bridgehead atoms. The second-order valence-corrected chi connectivity index (χ2v) is 11.1. The quantitative estimate of drug-likeness (QED) is 0.102. The number of nitrogens with zero attached hydrogens (tertiary/aromatic N) is 1. The van der Waals surface area contributed by atoms with E-state index >= 15 is 0 Å². The summed E-state index contributed by atoms with van der Waals surface area (Å²) in [7, 11) is 1.60. The molecular formula is C36H41NO6. The van der Waals surface area contributed by atoms with Gasteiger partial charge in [-0.05, 0) is 60.2 Å². The van der Waals surface area contributed by atoms with E-state index < -0.39 is 0 Å². The van der Waals surface area contributed by atoms with Crippen LogP contribution in [-0.4, -0.2) is 62.2 Å². The Balaban J connectivity index is 1.13. The second-order valence-electron chi connectivity index (χ2n) is 11.1. The van der Waals surface area contributed by atoms with Gasteiger partial charge in [-0.2, -0.15) is 0 Å². The van der Waals surface area contributed by atoms with E-state index in [1.54, 1.807) is 31.4 Å². The fourth-order valence-corrected chi connectivity index (χ4v) is 5.89. The van der Waals surface area contributed by atoms with Crippen molar-refractivity contribution in [3.63, 3.8) is 0 Å². The first-order valence-corrected chi connectivity index (χ1v) is 15.2. The predicted octanol–water partition coefficient (Wildman–Crippen LogP) is 6.26. The highest BCUT2D eigenvalue weighted by Crippen LogP contribution is 2.34. The van der Waals surface area contributed by atoms with Crippen molar-refractivity contribution < 1.29 is 28.5 Å². The number of rotatable bonds is 13. The average molecular weight is 584 g/mol. The van der Waals surface area contributed by atoms with Gasteiger partial charge < -0.3 is 18.9 Å². The summed E-state index contributed by atoms with van der Waals surface area (Å²) in [5, 5.41) is 0. The number of unbranched alkanes of at least 4 members (excludes halogenated alkanes) is 1. The zero-order valence-electron chi connectivity index (χ0n) is 24.9. The van der Waals surface area contributed by atoms with Crippen molar-refractivity contribution in [1.82, 2.24) is 4.90 Å². The lowest BCUT2D eigenvalue weighted by Crippen LogP contribution is -2.49. The first-order chi connectivity index (χ1) is 21.1. The monoisotopic (exact) mass is 583 g/mol. The number of hydrogen-bond acceptors (Lipinski definition) is 7. The third kappa shape index (κ3) is 8.63. The molecule has 1 unspecified atom stereocenters. The van der Waals surface area contributed by atoms with E-state index in [0.717, 1.165) is 37.2 Å². The molecule has 0 spiro atoms. The number of carbonyl (C=O) groups excluding carboxylic acids is 2. The van der Waals surface area contributed by atoms with Crippen LogP contribution in [0.1, 0.15) is 37.7 Å². The van der Waals surface area contributed by atoms with Gasteiger partial charge in [-0.25, -0.2) is 0 Å². The minimum atomic E-state index is -0.252. The van der Waals surface area contributed by atoms with E-state index in [0.29, 0.717) is 44.8 Å². The summed E-state index contributed by atoms with van der Waals surface area (Å²) in [6.45, 7) is 3.30. The van der Waals surface area contributed by atoms with Crippen LogP contribution in [-0.2, 0) is 25.7 Å². The molecule has 3 aromatic rings. The van der Waals surface area contributed by atoms with Gasteiger partial charge in [-0.1, -0.05) is 66.7 Å². The Morgan fingerprint density at radius 2 is 1.60 bits per heavy atom. The highest BCUT2D eigenvalue weighted by molar-refractivity contribution is 5.87. The molecule has 5 rings (SSSR count). The van der Waals surface area contributed by atoms with Gasteiger partial charge in [0.25, 0.3) is 0 Å². The molecule has 3 aromatic carbocycles. The van der Waals surface area contributed by atoms with Crippen molar-refractivity contribution in [2.75, 3.05) is 33.4 Å². The second kappa shape index (κ2) is 15.6. The zero-order valence-corrected chi connectivity index (χ0v) is 24.9. The minimum absolute atomic E-state index is 0.0745. The van der Waals surface area contributed by atoms with Crippen molar-refractivity contribution in [2.45, 2.75) is 50.9 Å². The Morgan fingerprint density at radius 1 is 0.907 bits per heavy atom. The lowest BCUT2D eigenvalue weighted by atomic mass is 9.95. The SMILES string of the molecule is COc1ccc(OC(=O)CCC/C=C\CC2[C@@H](OCc3ccc(-c4ccccc4)cc3)CC(=O)[C@@H]2N2CCOCC2)cc1. The van der Waals surface area contributed by atoms with Crippen LogP contribution >= 0.6 is 0 Å². The number of hydrogen-bond donors (Lipinski definition) is 0. The summed E-state index contributed by atoms with van der Waals surface area (Å²) in [6.07, 6.45) is 7.10. The summed E-state index contributed by atoms with van der Waals surface area (Å²) >= 11 is 0. The van der Waals surface area contributed by atoms with Crippen LogP contribution in [0, 0.1) is 5.92 Å². The standard InChI is InChI=1S/C36H41NO6/c1-40-30-17-19-31(20-18-30)43-35(39)12-8-3-2-7-11-32-34(25-33(38)36(32)37-21-23-41-24-22-37)42-26-27-13-15-29(16-14-27)28-9-5-4-6-10-28/h2,4-7,9-10,13-20,32,34,36H,3,8,11-12,21-26H2,1H3/b7-2-/t32?,34-,36+/m0/s1. The van der Waals surface area contributed by atoms with E-state index in [-0.39, 0.29) is 29.8 Å². The largest absolute Gasteiger partial charge is 0.497 e. The van der Waals surface area contributed by atoms with Gasteiger partial charge in [0.1, 0.15) is 11.5 Å². The number of morpholine rings is 1. The number of ether oxygens (including phenoxy) is 4. The summed E-state index contributed by atoms with van der Waals surface area (Å²) in [5.41, 5.74) is 3.45. The molecule has 0 radical (unpaired) electrons. The number of allylic oxidation sites excluding steroid dienone is 2. The molecule has 2 fully saturated rings. The number of ketones is 1. The Bertz CT molecular complexity index is 1330. The number of carbonyl (C=O) groups is 2. The number of benzene rings is 3. The Hall–Kier alpha value is -3.78. The molecule has 1 aliphatic carbocycles. The van der Waals surface area contributed by atoms with Gasteiger partial charge in [-0.15, -0.1) is 0 Å². The predicted molar refractivity (Wildman–Crippen MR) is 166 cm³/mol. The highest BCUT2D eigenvalue weighted by Gasteiger charge is 2.45. The van der Waals surface area contributed by atoms with Crippen molar-refractivity contribution in [1.29, 1.82) is 0 Å². The summed E-state index contributed by atoms with van der Waals surface area (Å²) in [5.74, 6) is 1.31. The van der Waals surface area contributed by atoms with Crippen LogP contribution in [0.4, 0.5) is 0 Å². The van der Waals surface area contributed by atoms with Crippen LogP contribution in [0.25, 0.3) is 11.1 Å². The van der Waals surface area contributed by atoms with E-state index in [2.05, 4.69) is 53.5 Å². The molecule has 226 valence electrons. The summed E-state index contributed by atoms with van der Waals surface area (Å²) in [6, 6.07) is 25.6. The fourth-order valence-electron chi connectivity index (χ4n) is 5.89. The minimum Gasteiger partial charge on any atom is -0.497 e. The van der Waals surface area contributed by atoms with E-state index in [4.69, 9.17) is 18.9 Å². The number of methoxy groups -OCH3 is 1. The molecule has 1 saturated heterocycles. The van der Waals surface area contributed by atoms with Gasteiger partial charge in [0.05, 0.1) is 39.1 Å². The zero-order chi connectivity index (χ0) is 29.9. The van der Waals surface area contributed by atoms with Crippen molar-refractivity contribution in [3.05, 3.63) is 96.6 Å². The van der Waals surface area contributed by atoms with Gasteiger partial charge >= 0.3 is 5.97 Å². The molecule has 1 saturated carbocycles. The van der Waals surface area contributed by atoms with Gasteiger partial charge in [0.2, 0.25) is 0 Å². The molecule has 0 N–H and O–H groups in total. The van der Waals surface area contributed by atoms with Crippen LogP contribution in [0.15, 0.2) is 91.0 Å². The molecular weight excluding hydrogens is 542 g/mol. The molecule has 43 heavy (non-hydrogen) atoms. The normalized spacial score (nSPS) is 20.9. The topological polar surface area (TPSA) is 74.3 Å². The van der Waals surface area contributed by atoms with Crippen LogP contribution in [0.5, 0.6) is 11.5 Å². The Labute approximate surface area is 254 Å². The molecule has 7 heteroatoms. The maximum atomic E-state index is 13.3. The molecule has 0 aromatic heterocycles. The molecule has 0 amide bonds. The van der Waals surface area contributed by atoms with Gasteiger partial charge in [0.15, 0.2) is 5.78 Å². The van der Waals surface area contributed by atoms with Crippen LogP contribution in [0.2, 0.25) is 0 Å². The molecule has 1 heterocycles. The molecule has 3 atom stereocenters. The Morgan fingerprint density at radius 3 is 2.33 bits per heavy atom. The lowest BCUT2D eigenvalue weighted by molar-refractivity contribution is -0.134. The number of Topliss-reactive ketones (excluding diaryl/α,β-unsaturated/α-hetero) is 1. The molecule has 1 aliphatic heterocycles. The van der Waals surface area contributed by atoms with Crippen LogP contribution < -0.4 is 9.47 Å². The van der Waals surface area contributed by atoms with E-state index in [1.165, 1.54) is 11.1 Å². The first-order valence-electron chi connectivity index (χ1n) is 15.2. The van der Waals surface area contributed by atoms with E-state index in [9.17, 15) is 9.59 Å². The third-order valence-corrected chi connectivity index (χ3v) is 8.20. The maximum Gasteiger partial charge on any atom is 0.311 e. The van der Waals surface area contributed by atoms with Gasteiger partial charge in [0, 0.05) is 31.8 Å². The third-order valence-electron chi connectivity index (χ3n) is 8.20. The van der Waals surface area contributed by atoms with Crippen molar-refractivity contribution >= 4 is 11.8 Å². The highest BCUT2D eigenvalue weighted by atomic mass is 16.5. The Kier molecular flexibility index (Phi) is 11.1. The lowest BCUT2D eigenvalue weighted by Gasteiger charge is -2.35. The molecule has 7 nitrogen and oxygen atoms in total. The smallest absolute Gasteiger partial charge is 0.311 e. The maximum absolute atomic E-state index is 13.3. The average Bonchev–Trinajstić information content (AvgIpc) is 3.37. The summed E-state index contributed by atoms with van der Waals surface area (Å²) < 4.78 is 22.5. The first kappa shape index (κ1) is 30.7.